The lowest BCUT2D eigenvalue weighted by molar-refractivity contribution is -0.137. The van der Waals surface area contributed by atoms with E-state index in [2.05, 4.69) is 20.7 Å². The topological polar surface area (TPSA) is 72.7 Å². The molecule has 1 heterocycles. The lowest BCUT2D eigenvalue weighted by atomic mass is 10.1. The average molecular weight is 389 g/mol. The predicted octanol–water partition coefficient (Wildman–Crippen LogP) is 3.63. The van der Waals surface area contributed by atoms with E-state index < -0.39 is 17.8 Å². The first-order valence-corrected chi connectivity index (χ1v) is 8.67. The minimum absolute atomic E-state index is 0.0282. The number of rotatable bonds is 6. The van der Waals surface area contributed by atoms with E-state index in [-0.39, 0.29) is 17.3 Å². The molecule has 0 spiro atoms. The second-order valence-electron chi connectivity index (χ2n) is 6.14. The van der Waals surface area contributed by atoms with Crippen molar-refractivity contribution in [2.75, 3.05) is 0 Å². The van der Waals surface area contributed by atoms with Gasteiger partial charge >= 0.3 is 6.18 Å². The summed E-state index contributed by atoms with van der Waals surface area (Å²) < 4.78 is 38.7. The first kappa shape index (κ1) is 19.5. The van der Waals surface area contributed by atoms with Gasteiger partial charge in [0.05, 0.1) is 5.56 Å². The third-order valence-corrected chi connectivity index (χ3v) is 4.15. The molecule has 2 aromatic carbocycles. The molecule has 6 nitrogen and oxygen atoms in total. The van der Waals surface area contributed by atoms with E-state index in [1.54, 1.807) is 6.92 Å². The molecule has 1 amide bonds. The second-order valence-corrected chi connectivity index (χ2v) is 6.14. The van der Waals surface area contributed by atoms with Gasteiger partial charge < -0.3 is 5.32 Å². The zero-order valence-electron chi connectivity index (χ0n) is 15.0. The zero-order valence-corrected chi connectivity index (χ0v) is 15.0. The fourth-order valence-electron chi connectivity index (χ4n) is 2.66. The number of halogens is 3. The van der Waals surface area contributed by atoms with E-state index in [0.29, 0.717) is 13.0 Å². The molecule has 9 heteroatoms. The Kier molecular flexibility index (Phi) is 5.72. The van der Waals surface area contributed by atoms with Gasteiger partial charge in [0, 0.05) is 12.1 Å². The fourth-order valence-corrected chi connectivity index (χ4v) is 2.66. The SMILES string of the molecule is CCC(C(=O)NCc1ccccc1)n1nnc(-c2cccc(C(F)(F)F)c2)n1. The average Bonchev–Trinajstić information content (AvgIpc) is 3.17. The Hall–Kier alpha value is -3.23. The third kappa shape index (κ3) is 4.54. The maximum Gasteiger partial charge on any atom is 0.416 e. The van der Waals surface area contributed by atoms with Crippen LogP contribution in [-0.4, -0.2) is 26.1 Å². The van der Waals surface area contributed by atoms with E-state index in [9.17, 15) is 18.0 Å². The first-order chi connectivity index (χ1) is 13.4. The number of nitrogens with zero attached hydrogens (tertiary/aromatic N) is 4. The molecular formula is C19H18F3N5O. The van der Waals surface area contributed by atoms with Crippen molar-refractivity contribution < 1.29 is 18.0 Å². The number of amides is 1. The number of hydrogen-bond acceptors (Lipinski definition) is 4. The van der Waals surface area contributed by atoms with E-state index >= 15 is 0 Å². The summed E-state index contributed by atoms with van der Waals surface area (Å²) in [6, 6.07) is 13.4. The highest BCUT2D eigenvalue weighted by atomic mass is 19.4. The van der Waals surface area contributed by atoms with Crippen molar-refractivity contribution in [3.05, 3.63) is 65.7 Å². The van der Waals surface area contributed by atoms with E-state index in [1.807, 2.05) is 30.3 Å². The lowest BCUT2D eigenvalue weighted by Gasteiger charge is -2.13. The number of tetrazole rings is 1. The largest absolute Gasteiger partial charge is 0.416 e. The third-order valence-electron chi connectivity index (χ3n) is 4.15. The molecule has 0 aliphatic rings. The van der Waals surface area contributed by atoms with Gasteiger partial charge in [-0.15, -0.1) is 10.2 Å². The summed E-state index contributed by atoms with van der Waals surface area (Å²) in [5.74, 6) is -0.264. The van der Waals surface area contributed by atoms with Crippen molar-refractivity contribution in [3.63, 3.8) is 0 Å². The monoisotopic (exact) mass is 389 g/mol. The first-order valence-electron chi connectivity index (χ1n) is 8.67. The van der Waals surface area contributed by atoms with Crippen LogP contribution < -0.4 is 5.32 Å². The Morgan fingerprint density at radius 1 is 1.14 bits per heavy atom. The van der Waals surface area contributed by atoms with Crippen LogP contribution in [0.5, 0.6) is 0 Å². The van der Waals surface area contributed by atoms with E-state index in [1.165, 1.54) is 12.1 Å². The van der Waals surface area contributed by atoms with E-state index in [0.717, 1.165) is 22.5 Å². The normalized spacial score (nSPS) is 12.6. The minimum Gasteiger partial charge on any atom is -0.350 e. The van der Waals surface area contributed by atoms with E-state index in [4.69, 9.17) is 0 Å². The molecule has 0 saturated carbocycles. The summed E-state index contributed by atoms with van der Waals surface area (Å²) in [5.41, 5.74) is 0.330. The van der Waals surface area contributed by atoms with Gasteiger partial charge in [0.1, 0.15) is 0 Å². The van der Waals surface area contributed by atoms with Gasteiger partial charge in [-0.1, -0.05) is 49.4 Å². The molecule has 0 saturated heterocycles. The van der Waals surface area contributed by atoms with Crippen LogP contribution >= 0.6 is 0 Å². The van der Waals surface area contributed by atoms with Crippen molar-refractivity contribution in [1.29, 1.82) is 0 Å². The fraction of sp³-hybridized carbons (Fsp3) is 0.263. The Balaban J connectivity index is 1.75. The highest BCUT2D eigenvalue weighted by Gasteiger charge is 2.31. The molecule has 3 rings (SSSR count). The Labute approximate surface area is 159 Å². The molecule has 0 fully saturated rings. The van der Waals surface area contributed by atoms with Gasteiger partial charge in [0.2, 0.25) is 11.7 Å². The molecular weight excluding hydrogens is 371 g/mol. The van der Waals surface area contributed by atoms with Crippen LogP contribution in [0.15, 0.2) is 54.6 Å². The molecule has 3 aromatic rings. The Bertz CT molecular complexity index is 940. The smallest absolute Gasteiger partial charge is 0.350 e. The van der Waals surface area contributed by atoms with Crippen LogP contribution in [-0.2, 0) is 17.5 Å². The number of nitrogens with one attached hydrogen (secondary N) is 1. The standard InChI is InChI=1S/C19H18F3N5O/c1-2-16(18(28)23-12-13-7-4-3-5-8-13)27-25-17(24-26-27)14-9-6-10-15(11-14)19(20,21)22/h3-11,16H,2,12H2,1H3,(H,23,28). The van der Waals surface area contributed by atoms with Gasteiger partial charge in [0.25, 0.3) is 0 Å². The van der Waals surface area contributed by atoms with Crippen LogP contribution in [0.3, 0.4) is 0 Å². The molecule has 0 bridgehead atoms. The molecule has 1 unspecified atom stereocenters. The maximum atomic E-state index is 12.9. The summed E-state index contributed by atoms with van der Waals surface area (Å²) in [4.78, 5) is 13.6. The van der Waals surface area contributed by atoms with Crippen molar-refractivity contribution in [1.82, 2.24) is 25.5 Å². The molecule has 1 N–H and O–H groups in total. The van der Waals surface area contributed by atoms with Crippen LogP contribution in [0.1, 0.15) is 30.5 Å². The number of alkyl halides is 3. The number of aromatic nitrogens is 4. The van der Waals surface area contributed by atoms with Crippen LogP contribution in [0.2, 0.25) is 0 Å². The summed E-state index contributed by atoms with van der Waals surface area (Å²) in [6.45, 7) is 2.14. The molecule has 146 valence electrons. The molecule has 0 aliphatic carbocycles. The van der Waals surface area contributed by atoms with Gasteiger partial charge in [-0.05, 0) is 29.3 Å². The van der Waals surface area contributed by atoms with Crippen LogP contribution in [0, 0.1) is 0 Å². The highest BCUT2D eigenvalue weighted by Crippen LogP contribution is 2.31. The van der Waals surface area contributed by atoms with Gasteiger partial charge in [-0.3, -0.25) is 4.79 Å². The molecule has 28 heavy (non-hydrogen) atoms. The molecule has 0 radical (unpaired) electrons. The van der Waals surface area contributed by atoms with Crippen molar-refractivity contribution in [3.8, 4) is 11.4 Å². The summed E-state index contributed by atoms with van der Waals surface area (Å²) in [5, 5.41) is 14.6. The number of benzene rings is 2. The summed E-state index contributed by atoms with van der Waals surface area (Å²) in [6.07, 6.45) is -4.06. The van der Waals surface area contributed by atoms with Crippen molar-refractivity contribution in [2.45, 2.75) is 32.1 Å². The maximum absolute atomic E-state index is 12.9. The van der Waals surface area contributed by atoms with Crippen LogP contribution in [0.25, 0.3) is 11.4 Å². The van der Waals surface area contributed by atoms with Crippen LogP contribution in [0.4, 0.5) is 13.2 Å². The van der Waals surface area contributed by atoms with Gasteiger partial charge in [-0.25, -0.2) is 0 Å². The molecule has 0 aliphatic heterocycles. The number of hydrogen-bond donors (Lipinski definition) is 1. The van der Waals surface area contributed by atoms with Crippen molar-refractivity contribution >= 4 is 5.91 Å². The van der Waals surface area contributed by atoms with Gasteiger partial charge in [-0.2, -0.15) is 18.0 Å². The number of carbonyl (C=O) groups is 1. The minimum atomic E-state index is -4.46. The molecule has 1 atom stereocenters. The number of carbonyl (C=O) groups excluding carboxylic acids is 1. The Morgan fingerprint density at radius 3 is 2.57 bits per heavy atom. The van der Waals surface area contributed by atoms with Gasteiger partial charge in [0.15, 0.2) is 6.04 Å². The second kappa shape index (κ2) is 8.20. The summed E-state index contributed by atoms with van der Waals surface area (Å²) >= 11 is 0. The van der Waals surface area contributed by atoms with Crippen molar-refractivity contribution in [2.24, 2.45) is 0 Å². The zero-order chi connectivity index (χ0) is 20.1. The predicted molar refractivity (Wildman–Crippen MR) is 95.9 cm³/mol. The summed E-state index contributed by atoms with van der Waals surface area (Å²) in [7, 11) is 0. The highest BCUT2D eigenvalue weighted by molar-refractivity contribution is 5.80. The molecule has 1 aromatic heterocycles. The quantitative estimate of drug-likeness (QED) is 0.699. The Morgan fingerprint density at radius 2 is 1.89 bits per heavy atom. The lowest BCUT2D eigenvalue weighted by Crippen LogP contribution is -2.33.